The summed E-state index contributed by atoms with van der Waals surface area (Å²) in [5.74, 6) is 1.12. The molecule has 4 aromatic carbocycles. The van der Waals surface area contributed by atoms with Crippen LogP contribution in [0.1, 0.15) is 22.3 Å². The van der Waals surface area contributed by atoms with Crippen LogP contribution < -0.4 is 9.47 Å². The molecule has 0 bridgehead atoms. The van der Waals surface area contributed by atoms with E-state index in [0.29, 0.717) is 34.7 Å². The fraction of sp³-hybridized carbons (Fsp3) is 0.152. The minimum atomic E-state index is -0.0755. The lowest BCUT2D eigenvalue weighted by Crippen LogP contribution is -2.31. The van der Waals surface area contributed by atoms with Gasteiger partial charge in [-0.25, -0.2) is 4.99 Å². The van der Waals surface area contributed by atoms with Gasteiger partial charge in [-0.05, 0) is 72.6 Å². The number of hydrogen-bond acceptors (Lipinski definition) is 5. The lowest BCUT2D eigenvalue weighted by molar-refractivity contribution is -0.122. The van der Waals surface area contributed by atoms with Crippen LogP contribution in [0.15, 0.2) is 111 Å². The van der Waals surface area contributed by atoms with Crippen molar-refractivity contribution in [2.45, 2.75) is 20.0 Å². The summed E-state index contributed by atoms with van der Waals surface area (Å²) in [6, 6.07) is 31.8. The van der Waals surface area contributed by atoms with E-state index in [1.807, 2.05) is 97.9 Å². The molecule has 7 heteroatoms. The molecule has 0 radical (unpaired) electrons. The van der Waals surface area contributed by atoms with Gasteiger partial charge in [0.25, 0.3) is 5.91 Å². The molecule has 0 saturated carbocycles. The summed E-state index contributed by atoms with van der Waals surface area (Å²) in [6.45, 7) is 2.94. The van der Waals surface area contributed by atoms with Gasteiger partial charge in [-0.3, -0.25) is 9.69 Å². The largest absolute Gasteiger partial charge is 0.493 e. The van der Waals surface area contributed by atoms with Gasteiger partial charge in [-0.2, -0.15) is 0 Å². The van der Waals surface area contributed by atoms with Crippen LogP contribution in [0, 0.1) is 6.92 Å². The lowest BCUT2D eigenvalue weighted by atomic mass is 10.1. The van der Waals surface area contributed by atoms with Crippen LogP contribution in [0.2, 0.25) is 0 Å². The standard InChI is InChI=1S/C33H29BrN2O3S/c1-23-11-17-28(18-12-23)35-33-36(20-19-24-7-4-3-5-8-24)32(37)30(40-33)21-26-9-6-10-29(38-2)31(26)39-22-25-13-15-27(34)16-14-25/h3-18,21H,19-20,22H2,1-2H3/b30-21+,35-33?. The summed E-state index contributed by atoms with van der Waals surface area (Å²) in [5, 5.41) is 0.663. The second-order valence-corrected chi connectivity index (χ2v) is 11.3. The first kappa shape index (κ1) is 27.7. The van der Waals surface area contributed by atoms with E-state index in [4.69, 9.17) is 14.5 Å². The zero-order chi connectivity index (χ0) is 27.9. The number of ether oxygens (including phenoxy) is 2. The van der Waals surface area contributed by atoms with Crippen molar-refractivity contribution in [1.29, 1.82) is 0 Å². The third kappa shape index (κ3) is 6.84. The fourth-order valence-electron chi connectivity index (χ4n) is 4.24. The minimum absolute atomic E-state index is 0.0755. The van der Waals surface area contributed by atoms with Gasteiger partial charge in [0.1, 0.15) is 6.61 Å². The topological polar surface area (TPSA) is 51.1 Å². The quantitative estimate of drug-likeness (QED) is 0.179. The minimum Gasteiger partial charge on any atom is -0.493 e. The number of thioether (sulfide) groups is 1. The van der Waals surface area contributed by atoms with Crippen molar-refractivity contribution < 1.29 is 14.3 Å². The number of carbonyl (C=O) groups excluding carboxylic acids is 1. The Bertz CT molecular complexity index is 1530. The zero-order valence-electron chi connectivity index (χ0n) is 22.3. The van der Waals surface area contributed by atoms with Crippen LogP contribution in [0.5, 0.6) is 11.5 Å². The molecular weight excluding hydrogens is 584 g/mol. The van der Waals surface area contributed by atoms with Crippen molar-refractivity contribution in [1.82, 2.24) is 4.90 Å². The Hall–Kier alpha value is -3.81. The number of amidine groups is 1. The predicted octanol–water partition coefficient (Wildman–Crippen LogP) is 8.19. The molecule has 1 aliphatic heterocycles. The summed E-state index contributed by atoms with van der Waals surface area (Å²) >= 11 is 4.85. The van der Waals surface area contributed by atoms with Crippen molar-refractivity contribution in [3.63, 3.8) is 0 Å². The van der Waals surface area contributed by atoms with Gasteiger partial charge >= 0.3 is 0 Å². The van der Waals surface area contributed by atoms with Crippen LogP contribution in [0.25, 0.3) is 6.08 Å². The SMILES string of the molecule is COc1cccc(/C=C2/SC(=Nc3ccc(C)cc3)N(CCc3ccccc3)C2=O)c1OCc1ccc(Br)cc1. The molecule has 0 N–H and O–H groups in total. The number of benzene rings is 4. The summed E-state index contributed by atoms with van der Waals surface area (Å²) in [5.41, 5.74) is 4.94. The van der Waals surface area contributed by atoms with E-state index in [1.54, 1.807) is 12.0 Å². The summed E-state index contributed by atoms with van der Waals surface area (Å²) in [6.07, 6.45) is 2.60. The molecule has 0 unspecified atom stereocenters. The van der Waals surface area contributed by atoms with Crippen LogP contribution in [-0.4, -0.2) is 29.6 Å². The highest BCUT2D eigenvalue weighted by molar-refractivity contribution is 9.10. The van der Waals surface area contributed by atoms with E-state index < -0.39 is 0 Å². The number of aliphatic imine (C=N–C) groups is 1. The molecule has 0 spiro atoms. The van der Waals surface area contributed by atoms with Crippen LogP contribution in [0.4, 0.5) is 5.69 Å². The molecule has 0 atom stereocenters. The van der Waals surface area contributed by atoms with Crippen molar-refractivity contribution >= 4 is 50.5 Å². The summed E-state index contributed by atoms with van der Waals surface area (Å²) in [7, 11) is 1.62. The molecule has 1 amide bonds. The van der Waals surface area contributed by atoms with E-state index in [-0.39, 0.29) is 5.91 Å². The maximum atomic E-state index is 13.7. The third-order valence-corrected chi connectivity index (χ3v) is 7.96. The number of para-hydroxylation sites is 1. The monoisotopic (exact) mass is 612 g/mol. The Morgan fingerprint density at radius 2 is 1.65 bits per heavy atom. The average molecular weight is 614 g/mol. The predicted molar refractivity (Wildman–Crippen MR) is 167 cm³/mol. The molecule has 4 aromatic rings. The first-order chi connectivity index (χ1) is 19.5. The molecule has 1 fully saturated rings. The highest BCUT2D eigenvalue weighted by Gasteiger charge is 2.33. The van der Waals surface area contributed by atoms with Gasteiger partial charge in [0.2, 0.25) is 0 Å². The number of halogens is 1. The number of hydrogen-bond donors (Lipinski definition) is 0. The van der Waals surface area contributed by atoms with Gasteiger partial charge in [-0.15, -0.1) is 0 Å². The Morgan fingerprint density at radius 1 is 0.900 bits per heavy atom. The zero-order valence-corrected chi connectivity index (χ0v) is 24.7. The molecule has 1 aliphatic rings. The first-order valence-electron chi connectivity index (χ1n) is 12.9. The van der Waals surface area contributed by atoms with Crippen molar-refractivity contribution in [3.05, 3.63) is 129 Å². The number of amides is 1. The maximum absolute atomic E-state index is 13.7. The highest BCUT2D eigenvalue weighted by Crippen LogP contribution is 2.38. The van der Waals surface area contributed by atoms with Crippen LogP contribution >= 0.6 is 27.7 Å². The van der Waals surface area contributed by atoms with Crippen LogP contribution in [0.3, 0.4) is 0 Å². The second-order valence-electron chi connectivity index (χ2n) is 9.33. The number of nitrogens with zero attached hydrogens (tertiary/aromatic N) is 2. The normalized spacial score (nSPS) is 15.2. The first-order valence-corrected chi connectivity index (χ1v) is 14.6. The average Bonchev–Trinajstić information content (AvgIpc) is 3.26. The van der Waals surface area contributed by atoms with Gasteiger partial charge in [0.05, 0.1) is 17.7 Å². The highest BCUT2D eigenvalue weighted by atomic mass is 79.9. The van der Waals surface area contributed by atoms with E-state index in [0.717, 1.165) is 33.3 Å². The van der Waals surface area contributed by atoms with Crippen molar-refractivity contribution in [2.24, 2.45) is 4.99 Å². The molecule has 202 valence electrons. The van der Waals surface area contributed by atoms with E-state index in [2.05, 4.69) is 28.1 Å². The van der Waals surface area contributed by atoms with E-state index >= 15 is 0 Å². The van der Waals surface area contributed by atoms with E-state index in [9.17, 15) is 4.79 Å². The fourth-order valence-corrected chi connectivity index (χ4v) is 5.52. The van der Waals surface area contributed by atoms with Gasteiger partial charge in [-0.1, -0.05) is 88.2 Å². The molecule has 40 heavy (non-hydrogen) atoms. The number of aryl methyl sites for hydroxylation is 1. The van der Waals surface area contributed by atoms with Gasteiger partial charge in [0, 0.05) is 16.6 Å². The number of carbonyl (C=O) groups is 1. The molecule has 0 aromatic heterocycles. The van der Waals surface area contributed by atoms with Gasteiger partial charge < -0.3 is 9.47 Å². The molecular formula is C33H29BrN2O3S. The molecule has 1 saturated heterocycles. The van der Waals surface area contributed by atoms with Crippen LogP contribution in [-0.2, 0) is 17.8 Å². The molecule has 5 nitrogen and oxygen atoms in total. The van der Waals surface area contributed by atoms with E-state index in [1.165, 1.54) is 17.3 Å². The van der Waals surface area contributed by atoms with Gasteiger partial charge in [0.15, 0.2) is 16.7 Å². The Morgan fingerprint density at radius 3 is 2.38 bits per heavy atom. The Balaban J connectivity index is 1.45. The number of rotatable bonds is 9. The summed E-state index contributed by atoms with van der Waals surface area (Å²) in [4.78, 5) is 21.0. The number of methoxy groups -OCH3 is 1. The second kappa shape index (κ2) is 13.0. The lowest BCUT2D eigenvalue weighted by Gasteiger charge is -2.16. The third-order valence-electron chi connectivity index (χ3n) is 6.43. The van der Waals surface area contributed by atoms with Crippen molar-refractivity contribution in [2.75, 3.05) is 13.7 Å². The summed E-state index contributed by atoms with van der Waals surface area (Å²) < 4.78 is 12.9. The van der Waals surface area contributed by atoms with Crippen molar-refractivity contribution in [3.8, 4) is 11.5 Å². The smallest absolute Gasteiger partial charge is 0.266 e. The maximum Gasteiger partial charge on any atom is 0.266 e. The Labute approximate surface area is 247 Å². The Kier molecular flexibility index (Phi) is 9.04. The molecule has 1 heterocycles. The molecule has 0 aliphatic carbocycles. The molecule has 5 rings (SSSR count).